The third kappa shape index (κ3) is 4.07. The zero-order chi connectivity index (χ0) is 16.1. The van der Waals surface area contributed by atoms with Gasteiger partial charge in [0.15, 0.2) is 0 Å². The number of carbonyl (C=O) groups excluding carboxylic acids is 1. The second kappa shape index (κ2) is 7.40. The van der Waals surface area contributed by atoms with Gasteiger partial charge in [-0.3, -0.25) is 4.79 Å². The van der Waals surface area contributed by atoms with E-state index in [0.29, 0.717) is 11.1 Å². The minimum atomic E-state index is -0.354. The summed E-state index contributed by atoms with van der Waals surface area (Å²) in [4.78, 5) is 14.1. The number of thioether (sulfide) groups is 1. The average molecular weight is 319 g/mol. The van der Waals surface area contributed by atoms with Crippen LogP contribution >= 0.6 is 11.8 Å². The van der Waals surface area contributed by atoms with Gasteiger partial charge >= 0.3 is 0 Å². The molecule has 0 N–H and O–H groups in total. The quantitative estimate of drug-likeness (QED) is 0.764. The molecule has 0 aliphatic heterocycles. The number of hydrogen-bond acceptors (Lipinski definition) is 5. The van der Waals surface area contributed by atoms with Crippen molar-refractivity contribution in [2.75, 3.05) is 14.1 Å². The predicted octanol–water partition coefficient (Wildman–Crippen LogP) is 2.25. The van der Waals surface area contributed by atoms with Crippen LogP contribution in [0.5, 0.6) is 0 Å². The van der Waals surface area contributed by atoms with Crippen LogP contribution in [0.25, 0.3) is 0 Å². The molecule has 0 aliphatic rings. The van der Waals surface area contributed by atoms with E-state index in [1.165, 1.54) is 11.8 Å². The molecule has 1 aromatic carbocycles. The molecule has 1 atom stereocenters. The lowest BCUT2D eigenvalue weighted by Crippen LogP contribution is -2.27. The molecule has 1 aromatic heterocycles. The summed E-state index contributed by atoms with van der Waals surface area (Å²) in [5.74, 6) is 0.456. The number of benzene rings is 1. The third-order valence-corrected chi connectivity index (χ3v) is 4.24. The van der Waals surface area contributed by atoms with Crippen LogP contribution in [0.3, 0.4) is 0 Å². The van der Waals surface area contributed by atoms with Crippen LogP contribution in [0.15, 0.2) is 35.5 Å². The molecule has 0 bridgehead atoms. The molecule has 6 nitrogen and oxygen atoms in total. The number of likely N-dealkylation sites (N-methyl/N-ethyl adjacent to an activating group) is 1. The number of amides is 1. The molecule has 1 amide bonds. The Morgan fingerprint density at radius 2 is 1.95 bits per heavy atom. The van der Waals surface area contributed by atoms with Crippen molar-refractivity contribution in [2.24, 2.45) is 5.92 Å². The van der Waals surface area contributed by atoms with Crippen molar-refractivity contribution in [3.05, 3.63) is 35.9 Å². The van der Waals surface area contributed by atoms with Crippen LogP contribution in [0.4, 0.5) is 0 Å². The van der Waals surface area contributed by atoms with Crippen molar-refractivity contribution in [2.45, 2.75) is 30.8 Å². The van der Waals surface area contributed by atoms with E-state index in [2.05, 4.69) is 29.4 Å². The molecule has 1 unspecified atom stereocenters. The maximum absolute atomic E-state index is 12.5. The molecule has 22 heavy (non-hydrogen) atoms. The summed E-state index contributed by atoms with van der Waals surface area (Å²) in [7, 11) is 3.52. The van der Waals surface area contributed by atoms with Gasteiger partial charge in [-0.05, 0) is 21.9 Å². The number of rotatable bonds is 6. The Morgan fingerprint density at radius 3 is 2.55 bits per heavy atom. The van der Waals surface area contributed by atoms with Gasteiger partial charge < -0.3 is 4.90 Å². The number of nitrogens with zero attached hydrogens (tertiary/aromatic N) is 5. The molecule has 2 rings (SSSR count). The lowest BCUT2D eigenvalue weighted by atomic mass is 10.1. The summed E-state index contributed by atoms with van der Waals surface area (Å²) in [6, 6.07) is 9.71. The van der Waals surface area contributed by atoms with Crippen LogP contribution in [0, 0.1) is 5.92 Å². The molecule has 0 fully saturated rings. The highest BCUT2D eigenvalue weighted by Crippen LogP contribution is 2.35. The smallest absolute Gasteiger partial charge is 0.240 e. The topological polar surface area (TPSA) is 63.9 Å². The van der Waals surface area contributed by atoms with Crippen LogP contribution in [0.1, 0.15) is 24.7 Å². The molecule has 0 saturated heterocycles. The summed E-state index contributed by atoms with van der Waals surface area (Å²) < 4.78 is 1.76. The first-order valence-electron chi connectivity index (χ1n) is 7.18. The van der Waals surface area contributed by atoms with E-state index in [-0.39, 0.29) is 11.2 Å². The molecule has 0 spiro atoms. The second-order valence-electron chi connectivity index (χ2n) is 5.68. The lowest BCUT2D eigenvalue weighted by Gasteiger charge is -2.20. The van der Waals surface area contributed by atoms with Crippen LogP contribution in [0.2, 0.25) is 0 Å². The van der Waals surface area contributed by atoms with E-state index in [1.54, 1.807) is 23.7 Å². The van der Waals surface area contributed by atoms with Gasteiger partial charge in [0.05, 0.1) is 0 Å². The fraction of sp³-hybridized carbons (Fsp3) is 0.467. The van der Waals surface area contributed by atoms with Crippen molar-refractivity contribution in [1.82, 2.24) is 25.1 Å². The fourth-order valence-electron chi connectivity index (χ4n) is 1.97. The Morgan fingerprint density at radius 1 is 1.27 bits per heavy atom. The largest absolute Gasteiger partial charge is 0.348 e. The Balaban J connectivity index is 2.28. The number of aromatic nitrogens is 4. The van der Waals surface area contributed by atoms with Crippen molar-refractivity contribution >= 4 is 17.7 Å². The van der Waals surface area contributed by atoms with Crippen LogP contribution in [-0.4, -0.2) is 45.1 Å². The monoisotopic (exact) mass is 319 g/mol. The van der Waals surface area contributed by atoms with E-state index in [0.717, 1.165) is 12.1 Å². The van der Waals surface area contributed by atoms with Crippen molar-refractivity contribution in [3.63, 3.8) is 0 Å². The molecule has 0 saturated carbocycles. The molecule has 0 aliphatic carbocycles. The van der Waals surface area contributed by atoms with Crippen molar-refractivity contribution in [1.29, 1.82) is 0 Å². The molecule has 0 radical (unpaired) electrons. The van der Waals surface area contributed by atoms with Gasteiger partial charge in [0.1, 0.15) is 5.25 Å². The fourth-order valence-corrected chi connectivity index (χ4v) is 3.10. The van der Waals surface area contributed by atoms with Gasteiger partial charge in [-0.1, -0.05) is 55.9 Å². The minimum absolute atomic E-state index is 0.0234. The number of tetrazole rings is 1. The second-order valence-corrected chi connectivity index (χ2v) is 6.75. The van der Waals surface area contributed by atoms with E-state index < -0.39 is 0 Å². The van der Waals surface area contributed by atoms with Gasteiger partial charge in [0, 0.05) is 20.6 Å². The zero-order valence-electron chi connectivity index (χ0n) is 13.3. The molecule has 7 heteroatoms. The maximum atomic E-state index is 12.5. The van der Waals surface area contributed by atoms with Crippen LogP contribution in [-0.2, 0) is 11.3 Å². The lowest BCUT2D eigenvalue weighted by molar-refractivity contribution is -0.128. The van der Waals surface area contributed by atoms with Gasteiger partial charge in [-0.15, -0.1) is 5.10 Å². The highest BCUT2D eigenvalue weighted by atomic mass is 32.2. The van der Waals surface area contributed by atoms with E-state index in [1.807, 2.05) is 30.3 Å². The standard InChI is InChI=1S/C15H21N5OS/c1-11(2)10-20-15(16-17-18-20)22-13(14(21)19(3)4)12-8-6-5-7-9-12/h5-9,11,13H,10H2,1-4H3. The first kappa shape index (κ1) is 16.5. The van der Waals surface area contributed by atoms with E-state index in [9.17, 15) is 4.79 Å². The van der Waals surface area contributed by atoms with Crippen LogP contribution < -0.4 is 0 Å². The first-order chi connectivity index (χ1) is 10.5. The van der Waals surface area contributed by atoms with Gasteiger partial charge in [-0.25, -0.2) is 4.68 Å². The highest BCUT2D eigenvalue weighted by molar-refractivity contribution is 8.00. The van der Waals surface area contributed by atoms with Gasteiger partial charge in [0.2, 0.25) is 11.1 Å². The zero-order valence-corrected chi connectivity index (χ0v) is 14.1. The third-order valence-electron chi connectivity index (χ3n) is 3.03. The highest BCUT2D eigenvalue weighted by Gasteiger charge is 2.26. The van der Waals surface area contributed by atoms with E-state index in [4.69, 9.17) is 0 Å². The normalized spacial score (nSPS) is 12.4. The van der Waals surface area contributed by atoms with Gasteiger partial charge in [0.25, 0.3) is 0 Å². The molecule has 1 heterocycles. The Hall–Kier alpha value is -1.89. The predicted molar refractivity (Wildman–Crippen MR) is 86.4 cm³/mol. The first-order valence-corrected chi connectivity index (χ1v) is 8.06. The average Bonchev–Trinajstić information content (AvgIpc) is 2.91. The summed E-state index contributed by atoms with van der Waals surface area (Å²) in [5, 5.41) is 12.1. The Labute approximate surface area is 134 Å². The minimum Gasteiger partial charge on any atom is -0.348 e. The summed E-state index contributed by atoms with van der Waals surface area (Å²) in [6.45, 7) is 4.94. The molecular weight excluding hydrogens is 298 g/mol. The molecule has 2 aromatic rings. The molecular formula is C15H21N5OS. The molecule has 118 valence electrons. The Kier molecular flexibility index (Phi) is 5.54. The summed E-state index contributed by atoms with van der Waals surface area (Å²) >= 11 is 1.39. The summed E-state index contributed by atoms with van der Waals surface area (Å²) in [5.41, 5.74) is 0.949. The Bertz CT molecular complexity index is 611. The number of hydrogen-bond donors (Lipinski definition) is 0. The van der Waals surface area contributed by atoms with Gasteiger partial charge in [-0.2, -0.15) is 0 Å². The summed E-state index contributed by atoms with van der Waals surface area (Å²) in [6.07, 6.45) is 0. The SMILES string of the molecule is CC(C)Cn1nnnc1SC(C(=O)N(C)C)c1ccccc1. The van der Waals surface area contributed by atoms with E-state index >= 15 is 0 Å². The maximum Gasteiger partial charge on any atom is 0.240 e. The van der Waals surface area contributed by atoms with Crippen molar-refractivity contribution < 1.29 is 4.79 Å². The number of carbonyl (C=O) groups is 1. The van der Waals surface area contributed by atoms with Crippen molar-refractivity contribution in [3.8, 4) is 0 Å².